The monoisotopic (exact) mass is 338 g/mol. The quantitative estimate of drug-likeness (QED) is 0.841. The maximum absolute atomic E-state index is 12.9. The van der Waals surface area contributed by atoms with Crippen molar-refractivity contribution in [1.29, 1.82) is 0 Å². The summed E-state index contributed by atoms with van der Waals surface area (Å²) in [4.78, 5) is 37.0. The average Bonchev–Trinajstić information content (AvgIpc) is 2.89. The zero-order chi connectivity index (χ0) is 17.8. The van der Waals surface area contributed by atoms with Crippen LogP contribution < -0.4 is 0 Å². The second-order valence-corrected chi connectivity index (χ2v) is 6.35. The predicted molar refractivity (Wildman–Crippen MR) is 94.4 cm³/mol. The van der Waals surface area contributed by atoms with Crippen LogP contribution in [0.4, 0.5) is 0 Å². The van der Waals surface area contributed by atoms with E-state index < -0.39 is 0 Å². The van der Waals surface area contributed by atoms with Gasteiger partial charge in [0.2, 0.25) is 0 Å². The van der Waals surface area contributed by atoms with Gasteiger partial charge in [0.25, 0.3) is 11.8 Å². The van der Waals surface area contributed by atoms with Crippen LogP contribution in [0, 0.1) is 13.8 Å². The molecule has 1 fully saturated rings. The summed E-state index contributed by atoms with van der Waals surface area (Å²) in [5.41, 5.74) is 3.14. The van der Waals surface area contributed by atoms with Crippen molar-refractivity contribution >= 4 is 11.8 Å². The standard InChI is InChI=1S/C19H22N4O2/c1-14-4-5-15(2)16(12-14)18(24)22-8-3-9-23(11-10-22)19(25)17-13-20-6-7-21-17/h4-7,12-13H,3,8-11H2,1-2H3. The SMILES string of the molecule is Cc1ccc(C)c(C(=O)N2CCCN(C(=O)c3cnccn3)CC2)c1. The summed E-state index contributed by atoms with van der Waals surface area (Å²) in [6.45, 7) is 6.24. The second-order valence-electron chi connectivity index (χ2n) is 6.35. The van der Waals surface area contributed by atoms with Crippen molar-refractivity contribution in [1.82, 2.24) is 19.8 Å². The van der Waals surface area contributed by atoms with Crippen molar-refractivity contribution in [3.8, 4) is 0 Å². The molecule has 1 aliphatic rings. The van der Waals surface area contributed by atoms with Crippen molar-refractivity contribution in [2.24, 2.45) is 0 Å². The summed E-state index contributed by atoms with van der Waals surface area (Å²) in [5.74, 6) is -0.0934. The lowest BCUT2D eigenvalue weighted by atomic mass is 10.0. The van der Waals surface area contributed by atoms with Crippen LogP contribution in [-0.4, -0.2) is 57.8 Å². The molecule has 2 aromatic rings. The first kappa shape index (κ1) is 17.1. The molecule has 0 unspecified atom stereocenters. The Balaban J connectivity index is 1.70. The molecule has 1 aliphatic heterocycles. The highest BCUT2D eigenvalue weighted by molar-refractivity contribution is 5.96. The van der Waals surface area contributed by atoms with E-state index >= 15 is 0 Å². The van der Waals surface area contributed by atoms with Gasteiger partial charge in [0.05, 0.1) is 6.20 Å². The van der Waals surface area contributed by atoms with Gasteiger partial charge in [-0.05, 0) is 31.9 Å². The van der Waals surface area contributed by atoms with Gasteiger partial charge in [-0.1, -0.05) is 17.7 Å². The van der Waals surface area contributed by atoms with Crippen molar-refractivity contribution in [2.75, 3.05) is 26.2 Å². The highest BCUT2D eigenvalue weighted by Crippen LogP contribution is 2.15. The van der Waals surface area contributed by atoms with Crippen LogP contribution in [-0.2, 0) is 0 Å². The number of amides is 2. The summed E-state index contributed by atoms with van der Waals surface area (Å²) >= 11 is 0. The smallest absolute Gasteiger partial charge is 0.274 e. The van der Waals surface area contributed by atoms with Gasteiger partial charge >= 0.3 is 0 Å². The molecule has 2 amide bonds. The average molecular weight is 338 g/mol. The number of carbonyl (C=O) groups excluding carboxylic acids is 2. The Hall–Kier alpha value is -2.76. The maximum Gasteiger partial charge on any atom is 0.274 e. The zero-order valence-electron chi connectivity index (χ0n) is 14.6. The third kappa shape index (κ3) is 3.84. The molecule has 25 heavy (non-hydrogen) atoms. The van der Waals surface area contributed by atoms with Crippen LogP contribution in [0.15, 0.2) is 36.8 Å². The fraction of sp³-hybridized carbons (Fsp3) is 0.368. The molecule has 0 atom stereocenters. The molecule has 130 valence electrons. The molecule has 0 N–H and O–H groups in total. The van der Waals surface area contributed by atoms with Crippen LogP contribution in [0.25, 0.3) is 0 Å². The molecule has 1 aromatic carbocycles. The molecule has 0 spiro atoms. The number of benzene rings is 1. The zero-order valence-corrected chi connectivity index (χ0v) is 14.6. The molecule has 1 saturated heterocycles. The molecule has 0 bridgehead atoms. The summed E-state index contributed by atoms with van der Waals surface area (Å²) in [6, 6.07) is 5.92. The number of carbonyl (C=O) groups is 2. The van der Waals surface area contributed by atoms with Crippen molar-refractivity contribution in [3.05, 3.63) is 59.2 Å². The first-order valence-electron chi connectivity index (χ1n) is 8.48. The van der Waals surface area contributed by atoms with Gasteiger partial charge in [-0.2, -0.15) is 0 Å². The highest BCUT2D eigenvalue weighted by atomic mass is 16.2. The summed E-state index contributed by atoms with van der Waals surface area (Å²) < 4.78 is 0. The number of hydrogen-bond acceptors (Lipinski definition) is 4. The van der Waals surface area contributed by atoms with E-state index in [1.807, 2.05) is 36.9 Å². The molecule has 3 rings (SSSR count). The maximum atomic E-state index is 12.9. The van der Waals surface area contributed by atoms with Gasteiger partial charge in [-0.15, -0.1) is 0 Å². The Morgan fingerprint density at radius 2 is 1.68 bits per heavy atom. The minimum atomic E-state index is -0.130. The minimum absolute atomic E-state index is 0.0370. The van der Waals surface area contributed by atoms with Gasteiger partial charge in [0.1, 0.15) is 5.69 Å². The molecule has 1 aromatic heterocycles. The van der Waals surface area contributed by atoms with Gasteiger partial charge in [-0.3, -0.25) is 14.6 Å². The van der Waals surface area contributed by atoms with Gasteiger partial charge in [-0.25, -0.2) is 4.98 Å². The van der Waals surface area contributed by atoms with Crippen molar-refractivity contribution in [3.63, 3.8) is 0 Å². The Kier molecular flexibility index (Phi) is 5.07. The number of aromatic nitrogens is 2. The summed E-state index contributed by atoms with van der Waals surface area (Å²) in [7, 11) is 0. The third-order valence-electron chi connectivity index (χ3n) is 4.48. The summed E-state index contributed by atoms with van der Waals surface area (Å²) in [6.07, 6.45) is 5.29. The largest absolute Gasteiger partial charge is 0.337 e. The fourth-order valence-electron chi connectivity index (χ4n) is 3.03. The number of hydrogen-bond donors (Lipinski definition) is 0. The third-order valence-corrected chi connectivity index (χ3v) is 4.48. The van der Waals surface area contributed by atoms with E-state index in [4.69, 9.17) is 0 Å². The van der Waals surface area contributed by atoms with E-state index in [1.54, 1.807) is 11.1 Å². The molecular formula is C19H22N4O2. The Bertz CT molecular complexity index is 776. The fourth-order valence-corrected chi connectivity index (χ4v) is 3.03. The number of rotatable bonds is 2. The van der Waals surface area contributed by atoms with E-state index in [0.29, 0.717) is 31.9 Å². The first-order chi connectivity index (χ1) is 12.1. The topological polar surface area (TPSA) is 66.4 Å². The lowest BCUT2D eigenvalue weighted by Gasteiger charge is -2.22. The molecule has 0 radical (unpaired) electrons. The van der Waals surface area contributed by atoms with Gasteiger partial charge in [0, 0.05) is 44.1 Å². The van der Waals surface area contributed by atoms with Crippen molar-refractivity contribution in [2.45, 2.75) is 20.3 Å². The van der Waals surface area contributed by atoms with E-state index in [-0.39, 0.29) is 11.8 Å². The molecule has 0 saturated carbocycles. The van der Waals surface area contributed by atoms with Crippen molar-refractivity contribution < 1.29 is 9.59 Å². The summed E-state index contributed by atoms with van der Waals surface area (Å²) in [5, 5.41) is 0. The Morgan fingerprint density at radius 1 is 0.960 bits per heavy atom. The van der Waals surface area contributed by atoms with E-state index in [9.17, 15) is 9.59 Å². The number of nitrogens with zero attached hydrogens (tertiary/aromatic N) is 4. The lowest BCUT2D eigenvalue weighted by molar-refractivity contribution is 0.0715. The normalized spacial score (nSPS) is 15.0. The van der Waals surface area contributed by atoms with Crippen LogP contribution in [0.5, 0.6) is 0 Å². The van der Waals surface area contributed by atoms with Crippen LogP contribution in [0.1, 0.15) is 38.4 Å². The van der Waals surface area contributed by atoms with E-state index in [0.717, 1.165) is 23.1 Å². The molecular weight excluding hydrogens is 316 g/mol. The van der Waals surface area contributed by atoms with Crippen LogP contribution in [0.2, 0.25) is 0 Å². The molecule has 0 aliphatic carbocycles. The molecule has 6 nitrogen and oxygen atoms in total. The van der Waals surface area contributed by atoms with E-state index in [1.165, 1.54) is 12.4 Å². The van der Waals surface area contributed by atoms with Crippen LogP contribution in [0.3, 0.4) is 0 Å². The first-order valence-corrected chi connectivity index (χ1v) is 8.48. The molecule has 6 heteroatoms. The van der Waals surface area contributed by atoms with E-state index in [2.05, 4.69) is 9.97 Å². The van der Waals surface area contributed by atoms with Gasteiger partial charge < -0.3 is 9.80 Å². The van der Waals surface area contributed by atoms with Crippen LogP contribution >= 0.6 is 0 Å². The van der Waals surface area contributed by atoms with Gasteiger partial charge in [0.15, 0.2) is 0 Å². The lowest BCUT2D eigenvalue weighted by Crippen LogP contribution is -2.37. The minimum Gasteiger partial charge on any atom is -0.337 e. The predicted octanol–water partition coefficient (Wildman–Crippen LogP) is 2.08. The number of aryl methyl sites for hydroxylation is 2. The second kappa shape index (κ2) is 7.42. The Morgan fingerprint density at radius 3 is 2.36 bits per heavy atom. The molecule has 2 heterocycles. The Labute approximate surface area is 147 Å². The highest BCUT2D eigenvalue weighted by Gasteiger charge is 2.24.